The van der Waals surface area contributed by atoms with Crippen molar-refractivity contribution in [1.29, 1.82) is 0 Å². The minimum absolute atomic E-state index is 0.888. The number of hydrogen-bond acceptors (Lipinski definition) is 0. The molecule has 1 radical (unpaired) electrons. The van der Waals surface area contributed by atoms with E-state index >= 15 is 0 Å². The zero-order valence-corrected chi connectivity index (χ0v) is 7.27. The molecule has 1 fully saturated rings. The van der Waals surface area contributed by atoms with Gasteiger partial charge < -0.3 is 0 Å². The molecule has 0 nitrogen and oxygen atoms in total. The maximum absolute atomic E-state index is 2.53. The van der Waals surface area contributed by atoms with Crippen LogP contribution in [-0.2, 0) is 0 Å². The van der Waals surface area contributed by atoms with Crippen molar-refractivity contribution in [3.63, 3.8) is 0 Å². The third-order valence-corrected chi connectivity index (χ3v) is 2.30. The third kappa shape index (κ3) is 2.72. The SMILES string of the molecule is CC(C)CC1[CH]CCCC1. The fourth-order valence-corrected chi connectivity index (χ4v) is 1.84. The molecule has 1 saturated carbocycles. The van der Waals surface area contributed by atoms with E-state index in [1.54, 1.807) is 0 Å². The van der Waals surface area contributed by atoms with Gasteiger partial charge in [0.15, 0.2) is 0 Å². The minimum Gasteiger partial charge on any atom is -0.0628 e. The van der Waals surface area contributed by atoms with Gasteiger partial charge in [-0.3, -0.25) is 0 Å². The lowest BCUT2D eigenvalue weighted by Crippen LogP contribution is -2.09. The van der Waals surface area contributed by atoms with Crippen molar-refractivity contribution >= 4 is 0 Å². The fraction of sp³-hybridized carbons (Fsp3) is 0.900. The Labute approximate surface area is 65.0 Å². The first-order valence-electron chi connectivity index (χ1n) is 4.62. The summed E-state index contributed by atoms with van der Waals surface area (Å²) in [6, 6.07) is 0. The Morgan fingerprint density at radius 3 is 2.70 bits per heavy atom. The van der Waals surface area contributed by atoms with Crippen LogP contribution in [0.4, 0.5) is 0 Å². The maximum Gasteiger partial charge on any atom is -0.0355 e. The summed E-state index contributed by atoms with van der Waals surface area (Å²) in [5, 5.41) is 0. The molecule has 0 saturated heterocycles. The molecule has 59 valence electrons. The highest BCUT2D eigenvalue weighted by atomic mass is 14.2. The molecule has 0 spiro atoms. The Kier molecular flexibility index (Phi) is 3.24. The van der Waals surface area contributed by atoms with E-state index in [4.69, 9.17) is 0 Å². The number of hydrogen-bond donors (Lipinski definition) is 0. The highest BCUT2D eigenvalue weighted by Crippen LogP contribution is 2.27. The van der Waals surface area contributed by atoms with Gasteiger partial charge in [0.2, 0.25) is 0 Å². The Morgan fingerprint density at radius 1 is 1.40 bits per heavy atom. The molecule has 1 rings (SSSR count). The van der Waals surface area contributed by atoms with Crippen LogP contribution in [0, 0.1) is 18.3 Å². The average molecular weight is 139 g/mol. The lowest BCUT2D eigenvalue weighted by atomic mass is 9.84. The predicted octanol–water partition coefficient (Wildman–Crippen LogP) is 3.43. The summed E-state index contributed by atoms with van der Waals surface area (Å²) >= 11 is 0. The van der Waals surface area contributed by atoms with Crippen LogP contribution in [0.2, 0.25) is 0 Å². The Bertz CT molecular complexity index is 78.0. The summed E-state index contributed by atoms with van der Waals surface area (Å²) in [5.74, 6) is 1.84. The van der Waals surface area contributed by atoms with Crippen LogP contribution in [0.5, 0.6) is 0 Å². The van der Waals surface area contributed by atoms with Crippen molar-refractivity contribution in [3.05, 3.63) is 6.42 Å². The standard InChI is InChI=1S/C10H19/c1-9(2)8-10-6-4-3-5-7-10/h6,9-10H,3-5,7-8H2,1-2H3. The molecular formula is C10H19. The molecule has 0 N–H and O–H groups in total. The van der Waals surface area contributed by atoms with E-state index in [-0.39, 0.29) is 0 Å². The summed E-state index contributed by atoms with van der Waals surface area (Å²) in [5.41, 5.74) is 0. The lowest BCUT2D eigenvalue weighted by Gasteiger charge is -2.22. The van der Waals surface area contributed by atoms with Gasteiger partial charge in [0, 0.05) is 0 Å². The smallest absolute Gasteiger partial charge is 0.0355 e. The Hall–Kier alpha value is 0. The number of rotatable bonds is 2. The van der Waals surface area contributed by atoms with Crippen LogP contribution in [0.3, 0.4) is 0 Å². The first-order chi connectivity index (χ1) is 4.79. The maximum atomic E-state index is 2.53. The third-order valence-electron chi connectivity index (χ3n) is 2.30. The van der Waals surface area contributed by atoms with Crippen LogP contribution in [0.15, 0.2) is 0 Å². The van der Waals surface area contributed by atoms with Crippen LogP contribution in [0.1, 0.15) is 46.0 Å². The second kappa shape index (κ2) is 4.00. The van der Waals surface area contributed by atoms with E-state index in [2.05, 4.69) is 20.3 Å². The Balaban J connectivity index is 2.13. The highest BCUT2D eigenvalue weighted by Gasteiger charge is 2.14. The first kappa shape index (κ1) is 8.10. The normalized spacial score (nSPS) is 21.9. The molecule has 0 amide bonds. The summed E-state index contributed by atoms with van der Waals surface area (Å²) in [6.07, 6.45) is 9.68. The molecule has 0 aromatic rings. The van der Waals surface area contributed by atoms with E-state index in [0.29, 0.717) is 0 Å². The zero-order valence-electron chi connectivity index (χ0n) is 7.27. The van der Waals surface area contributed by atoms with E-state index in [9.17, 15) is 0 Å². The monoisotopic (exact) mass is 139 g/mol. The predicted molar refractivity (Wildman–Crippen MR) is 45.7 cm³/mol. The van der Waals surface area contributed by atoms with Gasteiger partial charge in [0.25, 0.3) is 0 Å². The van der Waals surface area contributed by atoms with Crippen LogP contribution in [-0.4, -0.2) is 0 Å². The topological polar surface area (TPSA) is 0 Å². The van der Waals surface area contributed by atoms with Gasteiger partial charge in [-0.15, -0.1) is 0 Å². The molecule has 0 aromatic heterocycles. The van der Waals surface area contributed by atoms with E-state index in [1.165, 1.54) is 32.1 Å². The van der Waals surface area contributed by atoms with E-state index in [1.807, 2.05) is 0 Å². The largest absolute Gasteiger partial charge is 0.0628 e. The van der Waals surface area contributed by atoms with Crippen molar-refractivity contribution in [2.24, 2.45) is 11.8 Å². The molecule has 0 aliphatic heterocycles. The van der Waals surface area contributed by atoms with E-state index < -0.39 is 0 Å². The van der Waals surface area contributed by atoms with Crippen molar-refractivity contribution in [1.82, 2.24) is 0 Å². The van der Waals surface area contributed by atoms with Gasteiger partial charge in [0.1, 0.15) is 0 Å². The molecule has 0 aromatic carbocycles. The van der Waals surface area contributed by atoms with Gasteiger partial charge in [-0.2, -0.15) is 0 Å². The Morgan fingerprint density at radius 2 is 2.20 bits per heavy atom. The van der Waals surface area contributed by atoms with Crippen LogP contribution >= 0.6 is 0 Å². The van der Waals surface area contributed by atoms with Crippen molar-refractivity contribution in [3.8, 4) is 0 Å². The van der Waals surface area contributed by atoms with Gasteiger partial charge in [0.05, 0.1) is 0 Å². The second-order valence-corrected chi connectivity index (χ2v) is 3.91. The summed E-state index contributed by atoms with van der Waals surface area (Å²) < 4.78 is 0. The van der Waals surface area contributed by atoms with Gasteiger partial charge >= 0.3 is 0 Å². The van der Waals surface area contributed by atoms with Crippen molar-refractivity contribution < 1.29 is 0 Å². The van der Waals surface area contributed by atoms with Crippen molar-refractivity contribution in [2.45, 2.75) is 46.0 Å². The zero-order chi connectivity index (χ0) is 7.40. The molecule has 0 heterocycles. The lowest BCUT2D eigenvalue weighted by molar-refractivity contribution is 0.373. The first-order valence-corrected chi connectivity index (χ1v) is 4.62. The molecule has 1 unspecified atom stereocenters. The molecule has 1 aliphatic carbocycles. The molecule has 0 bridgehead atoms. The van der Waals surface area contributed by atoms with E-state index in [0.717, 1.165) is 11.8 Å². The molecule has 1 aliphatic rings. The minimum atomic E-state index is 0.888. The average Bonchev–Trinajstić information content (AvgIpc) is 1.88. The summed E-state index contributed by atoms with van der Waals surface area (Å²) in [4.78, 5) is 0. The quantitative estimate of drug-likeness (QED) is 0.550. The van der Waals surface area contributed by atoms with Gasteiger partial charge in [-0.1, -0.05) is 33.1 Å². The van der Waals surface area contributed by atoms with Gasteiger partial charge in [-0.25, -0.2) is 0 Å². The summed E-state index contributed by atoms with van der Waals surface area (Å²) in [7, 11) is 0. The second-order valence-electron chi connectivity index (χ2n) is 3.91. The fourth-order valence-electron chi connectivity index (χ4n) is 1.84. The molecule has 1 atom stereocenters. The molecular weight excluding hydrogens is 120 g/mol. The van der Waals surface area contributed by atoms with Crippen LogP contribution < -0.4 is 0 Å². The van der Waals surface area contributed by atoms with Gasteiger partial charge in [-0.05, 0) is 31.1 Å². The summed E-state index contributed by atoms with van der Waals surface area (Å²) in [6.45, 7) is 4.64. The highest BCUT2D eigenvalue weighted by molar-refractivity contribution is 4.81. The van der Waals surface area contributed by atoms with Crippen molar-refractivity contribution in [2.75, 3.05) is 0 Å². The molecule has 10 heavy (non-hydrogen) atoms. The van der Waals surface area contributed by atoms with Crippen LogP contribution in [0.25, 0.3) is 0 Å². The molecule has 0 heteroatoms.